The van der Waals surface area contributed by atoms with Gasteiger partial charge in [-0.2, -0.15) is 0 Å². The standard InChI is InChI=1S/C18H28N2O3/c1-2-10-20-16(21)5-3-8-18(20)9-4-11-19(14-18)17(22)15-6-12-23-13-7-15/h2,15H,1,3-14H2/t18-/m1/s1. The summed E-state index contributed by atoms with van der Waals surface area (Å²) in [6, 6.07) is 0. The van der Waals surface area contributed by atoms with Gasteiger partial charge in [-0.25, -0.2) is 0 Å². The average molecular weight is 320 g/mol. The number of carbonyl (C=O) groups is 2. The molecule has 3 aliphatic rings. The topological polar surface area (TPSA) is 49.9 Å². The van der Waals surface area contributed by atoms with Gasteiger partial charge in [-0.3, -0.25) is 9.59 Å². The van der Waals surface area contributed by atoms with Gasteiger partial charge in [0.1, 0.15) is 0 Å². The Balaban J connectivity index is 1.74. The Labute approximate surface area is 138 Å². The maximum atomic E-state index is 12.9. The quantitative estimate of drug-likeness (QED) is 0.747. The van der Waals surface area contributed by atoms with Crippen molar-refractivity contribution in [1.82, 2.24) is 9.80 Å². The second kappa shape index (κ2) is 7.04. The molecule has 0 saturated carbocycles. The van der Waals surface area contributed by atoms with Crippen molar-refractivity contribution in [3.8, 4) is 0 Å². The molecule has 1 spiro atoms. The van der Waals surface area contributed by atoms with Crippen molar-refractivity contribution in [2.24, 2.45) is 5.92 Å². The van der Waals surface area contributed by atoms with Crippen molar-refractivity contribution >= 4 is 11.8 Å². The molecule has 3 rings (SSSR count). The lowest BCUT2D eigenvalue weighted by Gasteiger charge is -2.52. The number of ether oxygens (including phenoxy) is 1. The minimum atomic E-state index is -0.164. The van der Waals surface area contributed by atoms with Crippen LogP contribution in [-0.4, -0.2) is 60.0 Å². The highest BCUT2D eigenvalue weighted by atomic mass is 16.5. The summed E-state index contributed by atoms with van der Waals surface area (Å²) < 4.78 is 5.38. The number of carbonyl (C=O) groups excluding carboxylic acids is 2. The summed E-state index contributed by atoms with van der Waals surface area (Å²) in [4.78, 5) is 29.3. The van der Waals surface area contributed by atoms with E-state index in [0.717, 1.165) is 45.1 Å². The molecule has 2 amide bonds. The van der Waals surface area contributed by atoms with Gasteiger partial charge < -0.3 is 14.5 Å². The van der Waals surface area contributed by atoms with E-state index in [9.17, 15) is 9.59 Å². The fourth-order valence-corrected chi connectivity index (χ4v) is 4.46. The van der Waals surface area contributed by atoms with Gasteiger partial charge in [-0.15, -0.1) is 6.58 Å². The molecule has 3 aliphatic heterocycles. The number of rotatable bonds is 3. The predicted octanol–water partition coefficient (Wildman–Crippen LogP) is 1.97. The Morgan fingerprint density at radius 2 is 2.04 bits per heavy atom. The zero-order valence-electron chi connectivity index (χ0n) is 14.0. The molecule has 3 saturated heterocycles. The molecule has 0 unspecified atom stereocenters. The number of amides is 2. The normalized spacial score (nSPS) is 29.8. The molecule has 5 heteroatoms. The van der Waals surface area contributed by atoms with E-state index in [1.807, 2.05) is 15.9 Å². The fraction of sp³-hybridized carbons (Fsp3) is 0.778. The van der Waals surface area contributed by atoms with Crippen LogP contribution in [0, 0.1) is 5.92 Å². The molecule has 128 valence electrons. The molecule has 5 nitrogen and oxygen atoms in total. The third kappa shape index (κ3) is 3.30. The summed E-state index contributed by atoms with van der Waals surface area (Å²) >= 11 is 0. The Hall–Kier alpha value is -1.36. The van der Waals surface area contributed by atoms with Gasteiger partial charge >= 0.3 is 0 Å². The first kappa shape index (κ1) is 16.5. The molecular weight excluding hydrogens is 292 g/mol. The van der Waals surface area contributed by atoms with Gasteiger partial charge in [0.15, 0.2) is 0 Å². The largest absolute Gasteiger partial charge is 0.381 e. The zero-order chi connectivity index (χ0) is 16.3. The molecule has 0 aromatic rings. The molecule has 3 fully saturated rings. The lowest BCUT2D eigenvalue weighted by molar-refractivity contribution is -0.152. The van der Waals surface area contributed by atoms with Crippen molar-refractivity contribution in [1.29, 1.82) is 0 Å². The minimum Gasteiger partial charge on any atom is -0.381 e. The van der Waals surface area contributed by atoms with E-state index in [-0.39, 0.29) is 23.3 Å². The van der Waals surface area contributed by atoms with Gasteiger partial charge in [0, 0.05) is 45.2 Å². The third-order valence-corrected chi connectivity index (χ3v) is 5.66. The highest BCUT2D eigenvalue weighted by Crippen LogP contribution is 2.37. The molecule has 0 N–H and O–H groups in total. The smallest absolute Gasteiger partial charge is 0.225 e. The second-order valence-corrected chi connectivity index (χ2v) is 7.12. The average Bonchev–Trinajstić information content (AvgIpc) is 2.59. The van der Waals surface area contributed by atoms with Crippen molar-refractivity contribution < 1.29 is 14.3 Å². The molecule has 0 radical (unpaired) electrons. The second-order valence-electron chi connectivity index (χ2n) is 7.12. The van der Waals surface area contributed by atoms with E-state index < -0.39 is 0 Å². The van der Waals surface area contributed by atoms with E-state index in [1.54, 1.807) is 0 Å². The number of likely N-dealkylation sites (tertiary alicyclic amines) is 2. The minimum absolute atomic E-state index is 0.103. The van der Waals surface area contributed by atoms with E-state index in [2.05, 4.69) is 6.58 Å². The van der Waals surface area contributed by atoms with Crippen LogP contribution in [0.4, 0.5) is 0 Å². The predicted molar refractivity (Wildman–Crippen MR) is 87.8 cm³/mol. The number of piperidine rings is 2. The summed E-state index contributed by atoms with van der Waals surface area (Å²) in [5, 5.41) is 0. The van der Waals surface area contributed by atoms with E-state index in [1.165, 1.54) is 0 Å². The molecular formula is C18H28N2O3. The van der Waals surface area contributed by atoms with Gasteiger partial charge in [0.05, 0.1) is 5.54 Å². The summed E-state index contributed by atoms with van der Waals surface area (Å²) in [5.41, 5.74) is -0.164. The Morgan fingerprint density at radius 3 is 2.78 bits per heavy atom. The van der Waals surface area contributed by atoms with Crippen LogP contribution in [0.1, 0.15) is 44.9 Å². The summed E-state index contributed by atoms with van der Waals surface area (Å²) in [7, 11) is 0. The van der Waals surface area contributed by atoms with Crippen LogP contribution in [0.15, 0.2) is 12.7 Å². The number of nitrogens with zero attached hydrogens (tertiary/aromatic N) is 2. The molecule has 0 bridgehead atoms. The first-order valence-corrected chi connectivity index (χ1v) is 8.94. The van der Waals surface area contributed by atoms with Crippen LogP contribution in [0.3, 0.4) is 0 Å². The monoisotopic (exact) mass is 320 g/mol. The van der Waals surface area contributed by atoms with Crippen molar-refractivity contribution in [2.75, 3.05) is 32.8 Å². The van der Waals surface area contributed by atoms with Crippen molar-refractivity contribution in [3.05, 3.63) is 12.7 Å². The maximum absolute atomic E-state index is 12.9. The maximum Gasteiger partial charge on any atom is 0.225 e. The van der Waals surface area contributed by atoms with Crippen LogP contribution in [-0.2, 0) is 14.3 Å². The number of hydrogen-bond donors (Lipinski definition) is 0. The van der Waals surface area contributed by atoms with Gasteiger partial charge in [0.25, 0.3) is 0 Å². The lowest BCUT2D eigenvalue weighted by atomic mass is 9.79. The summed E-state index contributed by atoms with van der Waals surface area (Å²) in [6.45, 7) is 7.31. The van der Waals surface area contributed by atoms with Crippen molar-refractivity contribution in [2.45, 2.75) is 50.5 Å². The molecule has 3 heterocycles. The number of hydrogen-bond acceptors (Lipinski definition) is 3. The van der Waals surface area contributed by atoms with E-state index in [4.69, 9.17) is 4.74 Å². The van der Waals surface area contributed by atoms with Gasteiger partial charge in [0.2, 0.25) is 11.8 Å². The Bertz CT molecular complexity index is 469. The van der Waals surface area contributed by atoms with Crippen LogP contribution in [0.25, 0.3) is 0 Å². The van der Waals surface area contributed by atoms with Crippen LogP contribution in [0.5, 0.6) is 0 Å². The Kier molecular flexibility index (Phi) is 5.05. The first-order valence-electron chi connectivity index (χ1n) is 8.94. The van der Waals surface area contributed by atoms with Crippen LogP contribution >= 0.6 is 0 Å². The van der Waals surface area contributed by atoms with E-state index in [0.29, 0.717) is 32.7 Å². The van der Waals surface area contributed by atoms with E-state index >= 15 is 0 Å². The first-order chi connectivity index (χ1) is 11.2. The third-order valence-electron chi connectivity index (χ3n) is 5.66. The molecule has 0 aliphatic carbocycles. The fourth-order valence-electron chi connectivity index (χ4n) is 4.46. The zero-order valence-corrected chi connectivity index (χ0v) is 14.0. The highest BCUT2D eigenvalue weighted by molar-refractivity contribution is 5.80. The summed E-state index contributed by atoms with van der Waals surface area (Å²) in [6.07, 6.45) is 8.03. The van der Waals surface area contributed by atoms with Gasteiger partial charge in [-0.05, 0) is 38.5 Å². The summed E-state index contributed by atoms with van der Waals surface area (Å²) in [5.74, 6) is 0.589. The highest BCUT2D eigenvalue weighted by Gasteiger charge is 2.46. The Morgan fingerprint density at radius 1 is 1.30 bits per heavy atom. The molecule has 23 heavy (non-hydrogen) atoms. The van der Waals surface area contributed by atoms with Crippen molar-refractivity contribution in [3.63, 3.8) is 0 Å². The van der Waals surface area contributed by atoms with Crippen LogP contribution in [0.2, 0.25) is 0 Å². The van der Waals surface area contributed by atoms with Crippen LogP contribution < -0.4 is 0 Å². The molecule has 1 atom stereocenters. The molecule has 0 aromatic carbocycles. The molecule has 0 aromatic heterocycles. The lowest BCUT2D eigenvalue weighted by Crippen LogP contribution is -2.63. The van der Waals surface area contributed by atoms with Gasteiger partial charge in [-0.1, -0.05) is 6.08 Å². The SMILES string of the molecule is C=CCN1C(=O)CCC[C@]12CCCN(C(=O)C1CCOCC1)C2.